The molecule has 1 amide bonds. The summed E-state index contributed by atoms with van der Waals surface area (Å²) in [4.78, 5) is 11.7. The van der Waals surface area contributed by atoms with Crippen LogP contribution in [0, 0.1) is 0 Å². The molecule has 1 atom stereocenters. The number of sulfonamides is 1. The summed E-state index contributed by atoms with van der Waals surface area (Å²) >= 11 is 0. The Labute approximate surface area is 178 Å². The predicted octanol–water partition coefficient (Wildman–Crippen LogP) is 3.54. The lowest BCUT2D eigenvalue weighted by Crippen LogP contribution is -2.45. The first-order valence-electron chi connectivity index (χ1n) is 9.15. The van der Waals surface area contributed by atoms with Crippen molar-refractivity contribution >= 4 is 21.6 Å². The van der Waals surface area contributed by atoms with Crippen LogP contribution in [0.2, 0.25) is 0 Å². The van der Waals surface area contributed by atoms with Gasteiger partial charge >= 0.3 is 6.18 Å². The highest BCUT2D eigenvalue weighted by Gasteiger charge is 2.30. The van der Waals surface area contributed by atoms with Gasteiger partial charge in [0.15, 0.2) is 6.10 Å². The zero-order valence-electron chi connectivity index (χ0n) is 17.1. The number of nitrogens with two attached hydrogens (primary N) is 1. The third kappa shape index (κ3) is 7.14. The van der Waals surface area contributed by atoms with Gasteiger partial charge in [-0.25, -0.2) is 8.42 Å². The second kappa shape index (κ2) is 9.56. The molecule has 0 aliphatic heterocycles. The lowest BCUT2D eigenvalue weighted by molar-refractivity contribution is -0.137. The van der Waals surface area contributed by atoms with Crippen LogP contribution >= 0.6 is 0 Å². The molecule has 0 aliphatic rings. The third-order valence-electron chi connectivity index (χ3n) is 4.03. The Balaban J connectivity index is 2.20. The minimum absolute atomic E-state index is 0.180. The third-order valence-corrected chi connectivity index (χ3v) is 5.19. The molecule has 2 aromatic rings. The van der Waals surface area contributed by atoms with Gasteiger partial charge in [-0.1, -0.05) is 0 Å². The quantitative estimate of drug-likeness (QED) is 0.617. The molecule has 0 radical (unpaired) electrons. The van der Waals surface area contributed by atoms with Gasteiger partial charge in [-0.05, 0) is 62.4 Å². The number of nitrogens with zero attached hydrogens (tertiary/aromatic N) is 1. The van der Waals surface area contributed by atoms with Crippen molar-refractivity contribution in [2.75, 3.05) is 17.1 Å². The maximum absolute atomic E-state index is 12.6. The summed E-state index contributed by atoms with van der Waals surface area (Å²) in [7, 11) is -3.77. The summed E-state index contributed by atoms with van der Waals surface area (Å²) in [6, 6.07) is 9.94. The molecule has 0 heterocycles. The standard InChI is InChI=1S/C20H23F3N2O5S/c1-13(2)29-18(19(24)26)12-25(31(3,27)28)15-6-10-17(11-7-15)30-16-8-4-14(5-9-16)20(21,22)23/h4-11,13,18H,12H2,1-3H3,(H2,24,26)/t18-/m0/s1. The highest BCUT2D eigenvalue weighted by molar-refractivity contribution is 7.92. The molecule has 2 aromatic carbocycles. The predicted molar refractivity (Wildman–Crippen MR) is 109 cm³/mol. The van der Waals surface area contributed by atoms with Gasteiger partial charge < -0.3 is 15.2 Å². The van der Waals surface area contributed by atoms with Gasteiger partial charge in [0.2, 0.25) is 15.9 Å². The van der Waals surface area contributed by atoms with Crippen molar-refractivity contribution in [3.63, 3.8) is 0 Å². The van der Waals surface area contributed by atoms with Gasteiger partial charge in [-0.15, -0.1) is 0 Å². The topological polar surface area (TPSA) is 98.9 Å². The molecule has 0 saturated heterocycles. The molecule has 0 spiro atoms. The molecule has 0 aromatic heterocycles. The molecular formula is C20H23F3N2O5S. The SMILES string of the molecule is CC(C)O[C@@H](CN(c1ccc(Oc2ccc(C(F)(F)F)cc2)cc1)S(C)(=O)=O)C(N)=O. The number of hydrogen-bond acceptors (Lipinski definition) is 5. The van der Waals surface area contributed by atoms with E-state index in [2.05, 4.69) is 0 Å². The van der Waals surface area contributed by atoms with E-state index in [1.807, 2.05) is 0 Å². The van der Waals surface area contributed by atoms with Crippen molar-refractivity contribution in [2.45, 2.75) is 32.2 Å². The Morgan fingerprint density at radius 2 is 1.52 bits per heavy atom. The molecule has 0 unspecified atom stereocenters. The first-order valence-corrected chi connectivity index (χ1v) is 11.0. The van der Waals surface area contributed by atoms with Crippen molar-refractivity contribution in [3.05, 3.63) is 54.1 Å². The Morgan fingerprint density at radius 1 is 1.03 bits per heavy atom. The van der Waals surface area contributed by atoms with Crippen molar-refractivity contribution < 1.29 is 35.9 Å². The van der Waals surface area contributed by atoms with Gasteiger partial charge in [-0.2, -0.15) is 13.2 Å². The van der Waals surface area contributed by atoms with E-state index >= 15 is 0 Å². The molecule has 2 rings (SSSR count). The Bertz CT molecular complexity index is 991. The second-order valence-electron chi connectivity index (χ2n) is 6.99. The maximum Gasteiger partial charge on any atom is 0.416 e. The molecule has 0 bridgehead atoms. The normalized spacial score (nSPS) is 13.1. The van der Waals surface area contributed by atoms with Crippen molar-refractivity contribution in [3.8, 4) is 11.5 Å². The van der Waals surface area contributed by atoms with Crippen LogP contribution in [0.5, 0.6) is 11.5 Å². The Kier molecular flexibility index (Phi) is 7.55. The molecule has 11 heteroatoms. The van der Waals surface area contributed by atoms with Crippen molar-refractivity contribution in [1.29, 1.82) is 0 Å². The van der Waals surface area contributed by atoms with Gasteiger partial charge in [0.05, 0.1) is 30.2 Å². The number of ether oxygens (including phenoxy) is 2. The average molecular weight is 460 g/mol. The average Bonchev–Trinajstić information content (AvgIpc) is 2.64. The van der Waals surface area contributed by atoms with Crippen LogP contribution in [-0.2, 0) is 25.7 Å². The number of carbonyl (C=O) groups excluding carboxylic acids is 1. The van der Waals surface area contributed by atoms with Crippen LogP contribution in [-0.4, -0.2) is 39.3 Å². The van der Waals surface area contributed by atoms with Crippen LogP contribution < -0.4 is 14.8 Å². The number of anilines is 1. The Hall–Kier alpha value is -2.79. The fourth-order valence-corrected chi connectivity index (χ4v) is 3.55. The number of primary amides is 1. The number of amides is 1. The molecule has 31 heavy (non-hydrogen) atoms. The van der Waals surface area contributed by atoms with E-state index in [0.717, 1.165) is 22.7 Å². The molecule has 7 nitrogen and oxygen atoms in total. The highest BCUT2D eigenvalue weighted by atomic mass is 32.2. The van der Waals surface area contributed by atoms with E-state index in [1.54, 1.807) is 13.8 Å². The summed E-state index contributed by atoms with van der Waals surface area (Å²) in [5.41, 5.74) is 4.76. The maximum atomic E-state index is 12.6. The lowest BCUT2D eigenvalue weighted by Gasteiger charge is -2.27. The fraction of sp³-hybridized carbons (Fsp3) is 0.350. The van der Waals surface area contributed by atoms with E-state index in [4.69, 9.17) is 15.2 Å². The zero-order chi connectivity index (χ0) is 23.4. The van der Waals surface area contributed by atoms with E-state index in [9.17, 15) is 26.4 Å². The van der Waals surface area contributed by atoms with E-state index in [1.165, 1.54) is 36.4 Å². The largest absolute Gasteiger partial charge is 0.457 e. The molecule has 0 saturated carbocycles. The summed E-state index contributed by atoms with van der Waals surface area (Å²) in [6.07, 6.45) is -4.97. The number of benzene rings is 2. The number of halogens is 3. The van der Waals surface area contributed by atoms with Gasteiger partial charge in [0, 0.05) is 0 Å². The van der Waals surface area contributed by atoms with Gasteiger partial charge in [-0.3, -0.25) is 9.10 Å². The summed E-state index contributed by atoms with van der Waals surface area (Å²) in [5, 5.41) is 0. The fourth-order valence-electron chi connectivity index (χ4n) is 2.64. The molecule has 0 aliphatic carbocycles. The molecule has 0 fully saturated rings. The minimum Gasteiger partial charge on any atom is -0.457 e. The number of rotatable bonds is 9. The number of alkyl halides is 3. The highest BCUT2D eigenvalue weighted by Crippen LogP contribution is 2.32. The smallest absolute Gasteiger partial charge is 0.416 e. The van der Waals surface area contributed by atoms with Crippen LogP contribution in [0.15, 0.2) is 48.5 Å². The Morgan fingerprint density at radius 3 is 1.90 bits per heavy atom. The summed E-state index contributed by atoms with van der Waals surface area (Å²) < 4.78 is 74.3. The van der Waals surface area contributed by atoms with E-state index < -0.39 is 33.8 Å². The van der Waals surface area contributed by atoms with Crippen LogP contribution in [0.3, 0.4) is 0 Å². The lowest BCUT2D eigenvalue weighted by atomic mass is 10.2. The van der Waals surface area contributed by atoms with Crippen molar-refractivity contribution in [2.24, 2.45) is 5.73 Å². The number of carbonyl (C=O) groups is 1. The van der Waals surface area contributed by atoms with E-state index in [0.29, 0.717) is 0 Å². The van der Waals surface area contributed by atoms with Crippen LogP contribution in [0.4, 0.5) is 18.9 Å². The van der Waals surface area contributed by atoms with Crippen LogP contribution in [0.1, 0.15) is 19.4 Å². The molecular weight excluding hydrogens is 437 g/mol. The first kappa shape index (κ1) is 24.5. The monoisotopic (exact) mass is 460 g/mol. The van der Waals surface area contributed by atoms with E-state index in [-0.39, 0.29) is 29.8 Å². The molecule has 2 N–H and O–H groups in total. The number of hydrogen-bond donors (Lipinski definition) is 1. The van der Waals surface area contributed by atoms with Crippen molar-refractivity contribution in [1.82, 2.24) is 0 Å². The van der Waals surface area contributed by atoms with Crippen LogP contribution in [0.25, 0.3) is 0 Å². The minimum atomic E-state index is -4.45. The van der Waals surface area contributed by atoms with Gasteiger partial charge in [0.25, 0.3) is 0 Å². The molecule has 170 valence electrons. The summed E-state index contributed by atoms with van der Waals surface area (Å²) in [6.45, 7) is 3.06. The first-order chi connectivity index (χ1) is 14.3. The zero-order valence-corrected chi connectivity index (χ0v) is 17.9. The summed E-state index contributed by atoms with van der Waals surface area (Å²) in [5.74, 6) is -0.341. The second-order valence-corrected chi connectivity index (χ2v) is 8.89. The van der Waals surface area contributed by atoms with Gasteiger partial charge in [0.1, 0.15) is 11.5 Å².